The highest BCUT2D eigenvalue weighted by atomic mass is 35.5. The maximum Gasteiger partial charge on any atom is 0.321 e. The molecule has 8 heteroatoms. The third-order valence-corrected chi connectivity index (χ3v) is 3.25. The van der Waals surface area contributed by atoms with Crippen molar-refractivity contribution in [1.82, 2.24) is 9.97 Å². The van der Waals surface area contributed by atoms with Gasteiger partial charge in [0, 0.05) is 0 Å². The first-order chi connectivity index (χ1) is 10.0. The minimum absolute atomic E-state index is 0.149. The average Bonchev–Trinajstić information content (AvgIpc) is 2.47. The molecule has 2 aromatic rings. The fraction of sp³-hybridized carbons (Fsp3) is 0.154. The quantitative estimate of drug-likeness (QED) is 0.816. The SMILES string of the molecule is NC1Cc2cc(Oc3ncc(Cl)cn3)ccc2N(O)C1=O. The van der Waals surface area contributed by atoms with Crippen LogP contribution in [-0.4, -0.2) is 27.1 Å². The molecule has 1 aliphatic rings. The number of carbonyl (C=O) groups is 1. The molecule has 7 nitrogen and oxygen atoms in total. The van der Waals surface area contributed by atoms with Crippen molar-refractivity contribution >= 4 is 23.2 Å². The van der Waals surface area contributed by atoms with Gasteiger partial charge < -0.3 is 10.5 Å². The van der Waals surface area contributed by atoms with Gasteiger partial charge in [-0.15, -0.1) is 0 Å². The van der Waals surface area contributed by atoms with E-state index >= 15 is 0 Å². The highest BCUT2D eigenvalue weighted by Gasteiger charge is 2.29. The predicted molar refractivity (Wildman–Crippen MR) is 74.5 cm³/mol. The van der Waals surface area contributed by atoms with Crippen LogP contribution in [0.1, 0.15) is 5.56 Å². The molecule has 3 N–H and O–H groups in total. The number of nitrogens with two attached hydrogens (primary N) is 1. The molecule has 108 valence electrons. The van der Waals surface area contributed by atoms with Crippen LogP contribution in [0.25, 0.3) is 0 Å². The molecule has 1 aromatic heterocycles. The van der Waals surface area contributed by atoms with E-state index in [0.717, 1.165) is 0 Å². The van der Waals surface area contributed by atoms with E-state index < -0.39 is 11.9 Å². The molecule has 21 heavy (non-hydrogen) atoms. The molecule has 0 saturated carbocycles. The second-order valence-corrected chi connectivity index (χ2v) is 4.97. The Morgan fingerprint density at radius 2 is 2.10 bits per heavy atom. The normalized spacial score (nSPS) is 17.6. The summed E-state index contributed by atoms with van der Waals surface area (Å²) < 4.78 is 5.49. The fourth-order valence-electron chi connectivity index (χ4n) is 2.05. The average molecular weight is 307 g/mol. The lowest BCUT2D eigenvalue weighted by Crippen LogP contribution is -2.47. The van der Waals surface area contributed by atoms with Crippen molar-refractivity contribution in [3.8, 4) is 11.8 Å². The van der Waals surface area contributed by atoms with Crippen LogP contribution in [0.3, 0.4) is 0 Å². The van der Waals surface area contributed by atoms with E-state index in [2.05, 4.69) is 9.97 Å². The van der Waals surface area contributed by atoms with E-state index in [0.29, 0.717) is 33.5 Å². The number of aromatic nitrogens is 2. The molecule has 0 spiro atoms. The number of benzene rings is 1. The summed E-state index contributed by atoms with van der Waals surface area (Å²) in [7, 11) is 0. The number of halogens is 1. The van der Waals surface area contributed by atoms with Crippen LogP contribution < -0.4 is 15.5 Å². The third kappa shape index (κ3) is 2.66. The Morgan fingerprint density at radius 3 is 2.81 bits per heavy atom. The molecular formula is C13H11ClN4O3. The van der Waals surface area contributed by atoms with Crippen molar-refractivity contribution in [3.63, 3.8) is 0 Å². The van der Waals surface area contributed by atoms with Crippen molar-refractivity contribution in [2.45, 2.75) is 12.5 Å². The van der Waals surface area contributed by atoms with Crippen molar-refractivity contribution in [2.24, 2.45) is 5.73 Å². The summed E-state index contributed by atoms with van der Waals surface area (Å²) in [4.78, 5) is 19.4. The Balaban J connectivity index is 1.88. The molecule has 0 radical (unpaired) electrons. The van der Waals surface area contributed by atoms with Crippen molar-refractivity contribution in [3.05, 3.63) is 41.2 Å². The van der Waals surface area contributed by atoms with E-state index in [1.165, 1.54) is 12.4 Å². The number of anilines is 1. The molecule has 1 aliphatic heterocycles. The van der Waals surface area contributed by atoms with Gasteiger partial charge in [-0.05, 0) is 30.2 Å². The molecular weight excluding hydrogens is 296 g/mol. The number of carbonyl (C=O) groups excluding carboxylic acids is 1. The highest BCUT2D eigenvalue weighted by Crippen LogP contribution is 2.31. The van der Waals surface area contributed by atoms with Crippen LogP contribution in [0.15, 0.2) is 30.6 Å². The molecule has 3 rings (SSSR count). The summed E-state index contributed by atoms with van der Waals surface area (Å²) in [5, 5.41) is 10.7. The molecule has 1 aromatic carbocycles. The largest absolute Gasteiger partial charge is 0.424 e. The Morgan fingerprint density at radius 1 is 1.38 bits per heavy atom. The summed E-state index contributed by atoms with van der Waals surface area (Å²) in [6, 6.07) is 4.23. The number of nitrogens with zero attached hydrogens (tertiary/aromatic N) is 3. The second-order valence-electron chi connectivity index (χ2n) is 4.54. The summed E-state index contributed by atoms with van der Waals surface area (Å²) in [5.74, 6) is -0.0526. The summed E-state index contributed by atoms with van der Waals surface area (Å²) in [5.41, 5.74) is 6.77. The lowest BCUT2D eigenvalue weighted by Gasteiger charge is -2.27. The molecule has 0 bridgehead atoms. The van der Waals surface area contributed by atoms with E-state index in [1.807, 2.05) is 0 Å². The number of rotatable bonds is 2. The third-order valence-electron chi connectivity index (χ3n) is 3.05. The van der Waals surface area contributed by atoms with Crippen LogP contribution in [0, 0.1) is 0 Å². The second kappa shape index (κ2) is 5.28. The standard InChI is InChI=1S/C13H11ClN4O3/c14-8-5-16-13(17-6-8)21-9-1-2-11-7(3-9)4-10(15)12(19)18(11)20/h1-3,5-6,10,20H,4,15H2. The van der Waals surface area contributed by atoms with Crippen molar-refractivity contribution < 1.29 is 14.7 Å². The maximum atomic E-state index is 11.6. The van der Waals surface area contributed by atoms with E-state index in [4.69, 9.17) is 22.1 Å². The Bertz CT molecular complexity index is 692. The highest BCUT2D eigenvalue weighted by molar-refractivity contribution is 6.30. The first-order valence-electron chi connectivity index (χ1n) is 6.11. The smallest absolute Gasteiger partial charge is 0.321 e. The molecule has 1 atom stereocenters. The van der Waals surface area contributed by atoms with Gasteiger partial charge in [0.2, 0.25) is 0 Å². The van der Waals surface area contributed by atoms with Gasteiger partial charge in [0.1, 0.15) is 5.75 Å². The number of fused-ring (bicyclic) bond motifs is 1. The Hall–Kier alpha value is -2.22. The number of amides is 1. The first kappa shape index (κ1) is 13.7. The van der Waals surface area contributed by atoms with Crippen molar-refractivity contribution in [1.29, 1.82) is 0 Å². The van der Waals surface area contributed by atoms with Gasteiger partial charge in [-0.25, -0.2) is 9.97 Å². The summed E-state index contributed by atoms with van der Waals surface area (Å²) >= 11 is 5.70. The van der Waals surface area contributed by atoms with Gasteiger partial charge in [-0.1, -0.05) is 11.6 Å². The first-order valence-corrected chi connectivity index (χ1v) is 6.49. The number of hydrogen-bond acceptors (Lipinski definition) is 6. The molecule has 0 fully saturated rings. The minimum atomic E-state index is -0.774. The van der Waals surface area contributed by atoms with Gasteiger partial charge >= 0.3 is 6.01 Å². The fourth-order valence-corrected chi connectivity index (χ4v) is 2.15. The Kier molecular flexibility index (Phi) is 3.46. The lowest BCUT2D eigenvalue weighted by molar-refractivity contribution is -0.125. The number of ether oxygens (including phenoxy) is 1. The molecule has 0 saturated heterocycles. The minimum Gasteiger partial charge on any atom is -0.424 e. The zero-order valence-electron chi connectivity index (χ0n) is 10.7. The maximum absolute atomic E-state index is 11.6. The van der Waals surface area contributed by atoms with E-state index in [9.17, 15) is 10.0 Å². The predicted octanol–water partition coefficient (Wildman–Crippen LogP) is 1.53. The van der Waals surface area contributed by atoms with Gasteiger partial charge in [-0.3, -0.25) is 10.0 Å². The number of hydroxylamine groups is 1. The summed E-state index contributed by atoms with van der Waals surface area (Å²) in [6.45, 7) is 0. The van der Waals surface area contributed by atoms with Gasteiger partial charge in [-0.2, -0.15) is 5.06 Å². The van der Waals surface area contributed by atoms with E-state index in [-0.39, 0.29) is 6.01 Å². The van der Waals surface area contributed by atoms with E-state index in [1.54, 1.807) is 18.2 Å². The zero-order valence-corrected chi connectivity index (χ0v) is 11.5. The molecule has 1 unspecified atom stereocenters. The summed E-state index contributed by atoms with van der Waals surface area (Å²) in [6.07, 6.45) is 3.17. The monoisotopic (exact) mass is 306 g/mol. The van der Waals surface area contributed by atoms with Crippen LogP contribution >= 0.6 is 11.6 Å². The molecule has 0 aliphatic carbocycles. The van der Waals surface area contributed by atoms with Crippen LogP contribution in [0.2, 0.25) is 5.02 Å². The van der Waals surface area contributed by atoms with Crippen LogP contribution in [-0.2, 0) is 11.2 Å². The van der Waals surface area contributed by atoms with Gasteiger partial charge in [0.25, 0.3) is 5.91 Å². The molecule has 1 amide bonds. The van der Waals surface area contributed by atoms with Crippen molar-refractivity contribution in [2.75, 3.05) is 5.06 Å². The molecule has 2 heterocycles. The van der Waals surface area contributed by atoms with Crippen LogP contribution in [0.5, 0.6) is 11.8 Å². The number of hydrogen-bond donors (Lipinski definition) is 2. The van der Waals surface area contributed by atoms with Gasteiger partial charge in [0.05, 0.1) is 29.1 Å². The van der Waals surface area contributed by atoms with Crippen LogP contribution in [0.4, 0.5) is 5.69 Å². The lowest BCUT2D eigenvalue weighted by atomic mass is 9.99. The Labute approximate surface area is 124 Å². The van der Waals surface area contributed by atoms with Gasteiger partial charge in [0.15, 0.2) is 0 Å². The topological polar surface area (TPSA) is 102 Å². The zero-order chi connectivity index (χ0) is 15.0.